The van der Waals surface area contributed by atoms with Gasteiger partial charge in [-0.15, -0.1) is 0 Å². The van der Waals surface area contributed by atoms with Crippen molar-refractivity contribution >= 4 is 43.0 Å². The number of aryl methyl sites for hydroxylation is 1. The van der Waals surface area contributed by atoms with Gasteiger partial charge in [-0.2, -0.15) is 0 Å². The molecule has 3 N–H and O–H groups in total. The van der Waals surface area contributed by atoms with Crippen molar-refractivity contribution in [1.82, 2.24) is 0 Å². The third kappa shape index (κ3) is 6.95. The van der Waals surface area contributed by atoms with Crippen molar-refractivity contribution in [2.75, 3.05) is 21.4 Å². The van der Waals surface area contributed by atoms with Gasteiger partial charge in [-0.05, 0) is 92.2 Å². The monoisotopic (exact) mass is 565 g/mol. The molecule has 39 heavy (non-hydrogen) atoms. The fraction of sp³-hybridized carbons (Fsp3) is 0.107. The Hall–Kier alpha value is -4.35. The fourth-order valence-electron chi connectivity index (χ4n) is 3.60. The summed E-state index contributed by atoms with van der Waals surface area (Å²) in [6.45, 7) is 4.09. The molecule has 0 aliphatic heterocycles. The second-order valence-electron chi connectivity index (χ2n) is 8.49. The Balaban J connectivity index is 1.45. The van der Waals surface area contributed by atoms with E-state index < -0.39 is 26.0 Å². The lowest BCUT2D eigenvalue weighted by molar-refractivity contribution is 0.102. The largest absolute Gasteiger partial charge is 0.494 e. The zero-order valence-corrected chi connectivity index (χ0v) is 22.8. The predicted molar refractivity (Wildman–Crippen MR) is 151 cm³/mol. The molecule has 4 aromatic rings. The van der Waals surface area contributed by atoms with Crippen molar-refractivity contribution in [2.45, 2.75) is 23.6 Å². The van der Waals surface area contributed by atoms with E-state index in [1.807, 2.05) is 6.92 Å². The number of hydrogen-bond donors (Lipinski definition) is 3. The highest BCUT2D eigenvalue weighted by Gasteiger charge is 2.18. The summed E-state index contributed by atoms with van der Waals surface area (Å²) in [6.07, 6.45) is 0. The van der Waals surface area contributed by atoms with Crippen LogP contribution < -0.4 is 19.5 Å². The van der Waals surface area contributed by atoms with Crippen LogP contribution in [0.3, 0.4) is 0 Å². The van der Waals surface area contributed by atoms with Crippen molar-refractivity contribution in [1.29, 1.82) is 0 Å². The molecule has 0 heterocycles. The molecule has 0 aliphatic rings. The average molecular weight is 566 g/mol. The van der Waals surface area contributed by atoms with E-state index in [0.29, 0.717) is 29.3 Å². The number of carbonyl (C=O) groups excluding carboxylic acids is 1. The lowest BCUT2D eigenvalue weighted by atomic mass is 10.1. The second kappa shape index (κ2) is 11.6. The van der Waals surface area contributed by atoms with E-state index in [9.17, 15) is 21.6 Å². The minimum absolute atomic E-state index is 0.0160. The normalized spacial score (nSPS) is 11.4. The first-order valence-electron chi connectivity index (χ1n) is 11.9. The van der Waals surface area contributed by atoms with E-state index in [1.54, 1.807) is 61.5 Å². The topological polar surface area (TPSA) is 131 Å². The minimum Gasteiger partial charge on any atom is -0.494 e. The maximum absolute atomic E-state index is 12.9. The first kappa shape index (κ1) is 27.7. The maximum Gasteiger partial charge on any atom is 0.261 e. The third-order valence-electron chi connectivity index (χ3n) is 5.64. The molecule has 0 saturated carbocycles. The van der Waals surface area contributed by atoms with Crippen LogP contribution in [0.4, 0.5) is 17.1 Å². The number of carbonyl (C=O) groups is 1. The lowest BCUT2D eigenvalue weighted by Gasteiger charge is -2.13. The molecule has 0 aromatic heterocycles. The molecular weight excluding hydrogens is 538 g/mol. The number of benzene rings is 4. The van der Waals surface area contributed by atoms with Gasteiger partial charge in [-0.1, -0.05) is 24.3 Å². The van der Waals surface area contributed by atoms with E-state index in [4.69, 9.17) is 4.74 Å². The van der Waals surface area contributed by atoms with Gasteiger partial charge < -0.3 is 10.1 Å². The highest BCUT2D eigenvalue weighted by atomic mass is 32.2. The van der Waals surface area contributed by atoms with Gasteiger partial charge in [-0.3, -0.25) is 14.2 Å². The van der Waals surface area contributed by atoms with Crippen LogP contribution in [-0.2, 0) is 20.0 Å². The van der Waals surface area contributed by atoms with Gasteiger partial charge in [0.1, 0.15) is 5.75 Å². The molecule has 4 aromatic carbocycles. The Kier molecular flexibility index (Phi) is 8.22. The Bertz CT molecular complexity index is 1670. The summed E-state index contributed by atoms with van der Waals surface area (Å²) in [6, 6.07) is 24.8. The molecule has 0 saturated heterocycles. The van der Waals surface area contributed by atoms with E-state index in [2.05, 4.69) is 14.8 Å². The van der Waals surface area contributed by atoms with Crippen molar-refractivity contribution in [3.8, 4) is 5.75 Å². The van der Waals surface area contributed by atoms with Crippen LogP contribution in [0.2, 0.25) is 0 Å². The Morgan fingerprint density at radius 2 is 1.31 bits per heavy atom. The second-order valence-corrected chi connectivity index (χ2v) is 11.9. The fourth-order valence-corrected chi connectivity index (χ4v) is 5.80. The van der Waals surface area contributed by atoms with E-state index in [0.717, 1.165) is 0 Å². The Morgan fingerprint density at radius 1 is 0.718 bits per heavy atom. The summed E-state index contributed by atoms with van der Waals surface area (Å²) in [5, 5.41) is 2.70. The average Bonchev–Trinajstić information content (AvgIpc) is 2.92. The van der Waals surface area contributed by atoms with Gasteiger partial charge in [0.2, 0.25) is 0 Å². The van der Waals surface area contributed by atoms with E-state index in [-0.39, 0.29) is 21.0 Å². The van der Waals surface area contributed by atoms with Crippen LogP contribution in [0.25, 0.3) is 0 Å². The molecule has 0 aliphatic carbocycles. The Morgan fingerprint density at radius 3 is 1.95 bits per heavy atom. The third-order valence-corrected chi connectivity index (χ3v) is 8.42. The maximum atomic E-state index is 12.9. The molecule has 202 valence electrons. The number of hydrogen-bond acceptors (Lipinski definition) is 6. The van der Waals surface area contributed by atoms with Gasteiger partial charge in [0.05, 0.1) is 22.1 Å². The number of ether oxygens (including phenoxy) is 1. The Labute approximate surface area is 228 Å². The van der Waals surface area contributed by atoms with Gasteiger partial charge in [-0.25, -0.2) is 16.8 Å². The van der Waals surface area contributed by atoms with Crippen molar-refractivity contribution in [3.05, 3.63) is 108 Å². The standard InChI is InChI=1S/C28H27N3O6S2/c1-3-37-24-15-11-23(12-16-24)30-38(33,34)26-17-13-22(14-18-26)29-28(32)21-10-9-20(2)27(19-21)31-39(35,36)25-7-5-4-6-8-25/h4-19,30-31H,3H2,1-2H3,(H,29,32). The summed E-state index contributed by atoms with van der Waals surface area (Å²) < 4.78 is 61.4. The molecular formula is C28H27N3O6S2. The zero-order valence-electron chi connectivity index (χ0n) is 21.2. The van der Waals surface area contributed by atoms with Crippen molar-refractivity contribution in [3.63, 3.8) is 0 Å². The summed E-state index contributed by atoms with van der Waals surface area (Å²) in [5.74, 6) is 0.146. The lowest BCUT2D eigenvalue weighted by Crippen LogP contribution is -2.16. The SMILES string of the molecule is CCOc1ccc(NS(=O)(=O)c2ccc(NC(=O)c3ccc(C)c(NS(=O)(=O)c4ccccc4)c3)cc2)cc1. The molecule has 0 atom stereocenters. The molecule has 0 fully saturated rings. The molecule has 9 nitrogen and oxygen atoms in total. The summed E-state index contributed by atoms with van der Waals surface area (Å²) in [4.78, 5) is 13.0. The molecule has 0 radical (unpaired) electrons. The number of nitrogens with one attached hydrogen (secondary N) is 3. The van der Waals surface area contributed by atoms with E-state index in [1.165, 1.54) is 42.5 Å². The van der Waals surface area contributed by atoms with Gasteiger partial charge in [0, 0.05) is 16.9 Å². The molecule has 11 heteroatoms. The minimum atomic E-state index is -3.86. The molecule has 1 amide bonds. The van der Waals surface area contributed by atoms with Crippen LogP contribution in [0, 0.1) is 6.92 Å². The van der Waals surface area contributed by atoms with Gasteiger partial charge in [0.15, 0.2) is 0 Å². The molecule has 0 bridgehead atoms. The quantitative estimate of drug-likeness (QED) is 0.241. The summed E-state index contributed by atoms with van der Waals surface area (Å²) >= 11 is 0. The number of anilines is 3. The van der Waals surface area contributed by atoms with Crippen molar-refractivity contribution in [2.24, 2.45) is 0 Å². The predicted octanol–water partition coefficient (Wildman–Crippen LogP) is 5.25. The van der Waals surface area contributed by atoms with Gasteiger partial charge >= 0.3 is 0 Å². The van der Waals surface area contributed by atoms with Crippen molar-refractivity contribution < 1.29 is 26.4 Å². The van der Waals surface area contributed by atoms with Crippen LogP contribution in [0.1, 0.15) is 22.8 Å². The smallest absolute Gasteiger partial charge is 0.261 e. The van der Waals surface area contributed by atoms with Crippen LogP contribution >= 0.6 is 0 Å². The van der Waals surface area contributed by atoms with Crippen LogP contribution in [0.5, 0.6) is 5.75 Å². The zero-order chi connectivity index (χ0) is 28.0. The highest BCUT2D eigenvalue weighted by Crippen LogP contribution is 2.24. The molecule has 4 rings (SSSR count). The summed E-state index contributed by atoms with van der Waals surface area (Å²) in [7, 11) is -7.69. The number of amides is 1. The van der Waals surface area contributed by atoms with Crippen LogP contribution in [0.15, 0.2) is 107 Å². The highest BCUT2D eigenvalue weighted by molar-refractivity contribution is 7.93. The first-order valence-corrected chi connectivity index (χ1v) is 14.9. The molecule has 0 unspecified atom stereocenters. The van der Waals surface area contributed by atoms with E-state index >= 15 is 0 Å². The summed E-state index contributed by atoms with van der Waals surface area (Å²) in [5.41, 5.74) is 1.88. The molecule has 0 spiro atoms. The number of rotatable bonds is 10. The number of sulfonamides is 2. The van der Waals surface area contributed by atoms with Crippen LogP contribution in [-0.4, -0.2) is 29.3 Å². The first-order chi connectivity index (χ1) is 18.6. The van der Waals surface area contributed by atoms with Gasteiger partial charge in [0.25, 0.3) is 26.0 Å².